The van der Waals surface area contributed by atoms with Crippen LogP contribution in [0.2, 0.25) is 0 Å². The molecule has 2 atom stereocenters. The Bertz CT molecular complexity index is 2070. The van der Waals surface area contributed by atoms with Crippen LogP contribution < -0.4 is 4.89 Å². The van der Waals surface area contributed by atoms with E-state index < -0.39 is 32.5 Å². The van der Waals surface area contributed by atoms with Gasteiger partial charge in [0.05, 0.1) is 27.7 Å². The van der Waals surface area contributed by atoms with Crippen LogP contribution in [0.3, 0.4) is 0 Å². The first-order chi connectivity index (χ1) is 48.0. The van der Waals surface area contributed by atoms with E-state index in [0.29, 0.717) is 17.4 Å². The van der Waals surface area contributed by atoms with Gasteiger partial charge in [0.2, 0.25) is 0 Å². The molecule has 10 heteroatoms. The number of likely N-dealkylation sites (N-methyl/N-ethyl adjacent to an activating group) is 1. The number of hydrogen-bond donors (Lipinski definition) is 0. The normalized spacial score (nSPS) is 13.7. The lowest BCUT2D eigenvalue weighted by Gasteiger charge is -2.28. The fourth-order valence-electron chi connectivity index (χ4n) is 11.7. The first-order valence-corrected chi connectivity index (χ1v) is 42.7. The Balaban J connectivity index is 3.99. The van der Waals surface area contributed by atoms with Gasteiger partial charge in [-0.15, -0.1) is 0 Å². The van der Waals surface area contributed by atoms with Crippen LogP contribution >= 0.6 is 7.82 Å². The van der Waals surface area contributed by atoms with Gasteiger partial charge in [-0.05, 0) is 89.9 Å². The fraction of sp³-hybridized carbons (Fsp3) is 0.750. The van der Waals surface area contributed by atoms with Gasteiger partial charge in [-0.25, -0.2) is 0 Å². The molecule has 9 nitrogen and oxygen atoms in total. The van der Waals surface area contributed by atoms with E-state index in [1.165, 1.54) is 244 Å². The molecule has 0 N–H and O–H groups in total. The van der Waals surface area contributed by atoms with Crippen LogP contribution in [0.1, 0.15) is 373 Å². The van der Waals surface area contributed by atoms with E-state index >= 15 is 0 Å². The summed E-state index contributed by atoms with van der Waals surface area (Å²) in [5.74, 6) is -0.879. The number of unbranched alkanes of at least 4 members (excludes halogenated alkanes) is 42. The number of hydrogen-bond acceptors (Lipinski definition) is 8. The van der Waals surface area contributed by atoms with E-state index in [2.05, 4.69) is 135 Å². The third kappa shape index (κ3) is 81.4. The Morgan fingerprint density at radius 1 is 0.327 bits per heavy atom. The van der Waals surface area contributed by atoms with Crippen LogP contribution in [0.15, 0.2) is 122 Å². The highest BCUT2D eigenvalue weighted by Crippen LogP contribution is 2.38. The van der Waals surface area contributed by atoms with E-state index in [1.807, 2.05) is 21.1 Å². The molecule has 0 saturated carbocycles. The van der Waals surface area contributed by atoms with Crippen molar-refractivity contribution >= 4 is 19.8 Å². The molecule has 566 valence electrons. The standard InChI is InChI=1S/C88H156NO8P/c1-6-8-10-12-14-16-18-20-22-24-26-28-30-32-34-36-38-40-41-42-43-44-45-46-47-49-50-52-54-56-58-60-62-64-66-68-70-72-74-76-78-80-87(90)94-84-86(85-96-98(92,93)95-83-82-89(3,4)5)97-88(91)81-79-77-75-73-71-69-67-65-63-61-59-57-55-53-51-48-39-37-35-33-31-29-27-25-23-21-19-17-15-13-11-9-7-2/h9,11,15,17,21,23,27,29,33,35,39,48,53,55,59,61,65,67,71,73,86H,6-8,10,12-14,16,18-20,22,24-26,28,30-32,34,36-38,40-47,49-52,54,56-58,60,62-64,66,68-70,72,74-85H2,1-5H3/b11-9-,17-15-,23-21-,29-27-,35-33-,48-39-,55-53-,61-59-,67-65-,73-71-. The quantitative estimate of drug-likeness (QED) is 0.0195. The summed E-state index contributed by atoms with van der Waals surface area (Å²) in [7, 11) is 1.13. The highest BCUT2D eigenvalue weighted by molar-refractivity contribution is 7.45. The minimum atomic E-state index is -4.67. The molecular weight excluding hydrogens is 1230 g/mol. The van der Waals surface area contributed by atoms with Crippen LogP contribution in [0, 0.1) is 0 Å². The minimum Gasteiger partial charge on any atom is -0.756 e. The second-order valence-electron chi connectivity index (χ2n) is 28.8. The summed E-state index contributed by atoms with van der Waals surface area (Å²) < 4.78 is 34.3. The number of phosphoric acid groups is 1. The molecule has 0 aromatic heterocycles. The Morgan fingerprint density at radius 2 is 0.582 bits per heavy atom. The number of allylic oxidation sites excluding steroid dienone is 20. The van der Waals surface area contributed by atoms with Gasteiger partial charge in [-0.1, -0.05) is 392 Å². The molecule has 0 heterocycles. The Hall–Kier alpha value is -3.59. The lowest BCUT2D eigenvalue weighted by molar-refractivity contribution is -0.870. The fourth-order valence-corrected chi connectivity index (χ4v) is 12.5. The highest BCUT2D eigenvalue weighted by atomic mass is 31.2. The molecule has 0 saturated heterocycles. The maximum Gasteiger partial charge on any atom is 0.306 e. The molecule has 0 bridgehead atoms. The zero-order valence-corrected chi connectivity index (χ0v) is 65.6. The maximum absolute atomic E-state index is 12.9. The summed E-state index contributed by atoms with van der Waals surface area (Å²) in [5, 5.41) is 0. The second-order valence-corrected chi connectivity index (χ2v) is 30.2. The zero-order chi connectivity index (χ0) is 71.1. The van der Waals surface area contributed by atoms with Crippen molar-refractivity contribution < 1.29 is 42.1 Å². The molecule has 0 fully saturated rings. The first-order valence-electron chi connectivity index (χ1n) is 41.2. The molecule has 0 rings (SSSR count). The van der Waals surface area contributed by atoms with Gasteiger partial charge in [-0.2, -0.15) is 0 Å². The predicted octanol–water partition coefficient (Wildman–Crippen LogP) is 27.1. The molecule has 0 aliphatic rings. The van der Waals surface area contributed by atoms with Crippen molar-refractivity contribution in [3.63, 3.8) is 0 Å². The van der Waals surface area contributed by atoms with Crippen molar-refractivity contribution in [2.45, 2.75) is 380 Å². The monoisotopic (exact) mass is 1390 g/mol. The average Bonchev–Trinajstić information content (AvgIpc) is 1.08. The Labute approximate surface area is 607 Å². The summed E-state index contributed by atoms with van der Waals surface area (Å²) in [5.41, 5.74) is 0. The minimum absolute atomic E-state index is 0.0443. The number of nitrogens with zero attached hydrogens (tertiary/aromatic N) is 1. The van der Waals surface area contributed by atoms with Crippen molar-refractivity contribution in [1.82, 2.24) is 0 Å². The van der Waals surface area contributed by atoms with E-state index in [1.54, 1.807) is 0 Å². The average molecular weight is 1390 g/mol. The molecule has 0 spiro atoms. The van der Waals surface area contributed by atoms with E-state index in [4.69, 9.17) is 18.5 Å². The number of carbonyl (C=O) groups excluding carboxylic acids is 2. The van der Waals surface area contributed by atoms with E-state index in [0.717, 1.165) is 96.3 Å². The summed E-state index contributed by atoms with van der Waals surface area (Å²) in [6.07, 6.45) is 112. The van der Waals surface area contributed by atoms with Gasteiger partial charge in [0.15, 0.2) is 6.10 Å². The first kappa shape index (κ1) is 94.4. The van der Waals surface area contributed by atoms with Gasteiger partial charge in [0.1, 0.15) is 19.8 Å². The van der Waals surface area contributed by atoms with Crippen LogP contribution in [0.25, 0.3) is 0 Å². The summed E-state index contributed by atoms with van der Waals surface area (Å²) in [4.78, 5) is 38.2. The third-order valence-corrected chi connectivity index (χ3v) is 19.0. The van der Waals surface area contributed by atoms with Crippen molar-refractivity contribution in [3.8, 4) is 0 Å². The van der Waals surface area contributed by atoms with Crippen LogP contribution in [-0.4, -0.2) is 70.0 Å². The lowest BCUT2D eigenvalue weighted by Crippen LogP contribution is -2.37. The maximum atomic E-state index is 12.9. The molecule has 0 aliphatic carbocycles. The van der Waals surface area contributed by atoms with E-state index in [9.17, 15) is 19.0 Å². The summed E-state index contributed by atoms with van der Waals surface area (Å²) in [6, 6.07) is 0. The van der Waals surface area contributed by atoms with Gasteiger partial charge in [-0.3, -0.25) is 14.2 Å². The number of esters is 2. The number of rotatable bonds is 76. The molecule has 0 aromatic rings. The molecule has 0 aromatic carbocycles. The molecule has 0 amide bonds. The second kappa shape index (κ2) is 77.6. The van der Waals surface area contributed by atoms with Gasteiger partial charge in [0, 0.05) is 12.8 Å². The third-order valence-electron chi connectivity index (χ3n) is 18.0. The molecular formula is C88H156NO8P. The number of ether oxygens (including phenoxy) is 2. The zero-order valence-electron chi connectivity index (χ0n) is 64.7. The number of quaternary nitrogens is 1. The van der Waals surface area contributed by atoms with Crippen molar-refractivity contribution in [2.75, 3.05) is 47.5 Å². The summed E-state index contributed by atoms with van der Waals surface area (Å²) in [6.45, 7) is 4.11. The van der Waals surface area contributed by atoms with E-state index in [-0.39, 0.29) is 26.1 Å². The Kier molecular flexibility index (Phi) is 74.7. The number of carbonyl (C=O) groups is 2. The molecule has 2 unspecified atom stereocenters. The van der Waals surface area contributed by atoms with Crippen LogP contribution in [-0.2, 0) is 32.7 Å². The molecule has 0 aliphatic heterocycles. The summed E-state index contributed by atoms with van der Waals surface area (Å²) >= 11 is 0. The van der Waals surface area contributed by atoms with Crippen LogP contribution in [0.5, 0.6) is 0 Å². The Morgan fingerprint density at radius 3 is 0.867 bits per heavy atom. The lowest BCUT2D eigenvalue weighted by atomic mass is 10.0. The van der Waals surface area contributed by atoms with Gasteiger partial charge in [0.25, 0.3) is 7.82 Å². The topological polar surface area (TPSA) is 111 Å². The smallest absolute Gasteiger partial charge is 0.306 e. The highest BCUT2D eigenvalue weighted by Gasteiger charge is 2.22. The van der Waals surface area contributed by atoms with Crippen LogP contribution in [0.4, 0.5) is 0 Å². The largest absolute Gasteiger partial charge is 0.756 e. The van der Waals surface area contributed by atoms with Crippen molar-refractivity contribution in [3.05, 3.63) is 122 Å². The van der Waals surface area contributed by atoms with Gasteiger partial charge < -0.3 is 27.9 Å². The molecule has 0 radical (unpaired) electrons. The number of phosphoric ester groups is 1. The van der Waals surface area contributed by atoms with Gasteiger partial charge >= 0.3 is 11.9 Å². The molecule has 98 heavy (non-hydrogen) atoms. The SMILES string of the molecule is CC/C=C\C/C=C\C/C=C\C/C=C\C/C=C\C/C=C\C/C=C\C/C=C\C/C=C\C/C=C\CCCCC(=O)OC(COC(=O)CCCCCCCCCCCCCCCCCCCCCCCCCCCCCCCCCCCCCCCCCCC)COP(=O)([O-])OCC[N+](C)(C)C. The van der Waals surface area contributed by atoms with Crippen molar-refractivity contribution in [2.24, 2.45) is 0 Å². The van der Waals surface area contributed by atoms with Crippen molar-refractivity contribution in [1.29, 1.82) is 0 Å². The predicted molar refractivity (Wildman–Crippen MR) is 425 cm³/mol.